The van der Waals surface area contributed by atoms with Gasteiger partial charge in [-0.3, -0.25) is 4.79 Å². The molecule has 0 aliphatic heterocycles. The lowest BCUT2D eigenvalue weighted by Crippen LogP contribution is -2.45. The molecule has 0 fully saturated rings. The van der Waals surface area contributed by atoms with Gasteiger partial charge in [0, 0.05) is 5.41 Å². The summed E-state index contributed by atoms with van der Waals surface area (Å²) in [5.41, 5.74) is 0.280. The number of amides is 1. The number of hydrogen-bond acceptors (Lipinski definition) is 5. The molecule has 7 heteroatoms. The normalized spacial score (nSPS) is 14.7. The Hall–Kier alpha value is -1.50. The van der Waals surface area contributed by atoms with Crippen molar-refractivity contribution < 1.29 is 14.7 Å². The summed E-state index contributed by atoms with van der Waals surface area (Å²) in [5.74, 6) is -1.59. The number of aromatic nitrogens is 2. The predicted octanol–water partition coefficient (Wildman–Crippen LogP) is 2.06. The van der Waals surface area contributed by atoms with Gasteiger partial charge in [0.15, 0.2) is 0 Å². The fourth-order valence-corrected chi connectivity index (χ4v) is 2.50. The van der Waals surface area contributed by atoms with Gasteiger partial charge in [-0.05, 0) is 17.5 Å². The Kier molecular flexibility index (Phi) is 5.21. The van der Waals surface area contributed by atoms with Crippen LogP contribution in [0.2, 0.25) is 0 Å². The van der Waals surface area contributed by atoms with Gasteiger partial charge in [-0.25, -0.2) is 4.79 Å². The number of carboxylic acids is 1. The SMILES string of the molecule is CCC(C)C(NC(=O)c1snnc1C(C)(C)C)C(=O)O. The predicted molar refractivity (Wildman–Crippen MR) is 77.0 cm³/mol. The Labute approximate surface area is 122 Å². The van der Waals surface area contributed by atoms with Crippen LogP contribution in [0, 0.1) is 5.92 Å². The van der Waals surface area contributed by atoms with E-state index in [1.54, 1.807) is 6.92 Å². The molecule has 0 aliphatic carbocycles. The molecular formula is C13H21N3O3S. The highest BCUT2D eigenvalue weighted by Crippen LogP contribution is 2.25. The molecular weight excluding hydrogens is 278 g/mol. The summed E-state index contributed by atoms with van der Waals surface area (Å²) in [5, 5.41) is 15.8. The van der Waals surface area contributed by atoms with Crippen LogP contribution in [-0.4, -0.2) is 32.6 Å². The van der Waals surface area contributed by atoms with Crippen LogP contribution in [0.5, 0.6) is 0 Å². The molecule has 0 aliphatic rings. The standard InChI is InChI=1S/C13H21N3O3S/c1-6-7(2)8(12(18)19)14-11(17)9-10(13(3,4)5)15-16-20-9/h7-8H,6H2,1-5H3,(H,14,17)(H,18,19). The Morgan fingerprint density at radius 2 is 2.00 bits per heavy atom. The average molecular weight is 299 g/mol. The Bertz CT molecular complexity index is 493. The van der Waals surface area contributed by atoms with Gasteiger partial charge in [0.05, 0.1) is 5.69 Å². The van der Waals surface area contributed by atoms with Gasteiger partial charge in [-0.2, -0.15) is 0 Å². The van der Waals surface area contributed by atoms with Crippen molar-refractivity contribution in [2.24, 2.45) is 5.92 Å². The van der Waals surface area contributed by atoms with E-state index in [1.807, 2.05) is 27.7 Å². The van der Waals surface area contributed by atoms with Gasteiger partial charge in [-0.15, -0.1) is 5.10 Å². The maximum Gasteiger partial charge on any atom is 0.326 e. The van der Waals surface area contributed by atoms with Crippen LogP contribution in [0.3, 0.4) is 0 Å². The van der Waals surface area contributed by atoms with Crippen LogP contribution >= 0.6 is 11.5 Å². The van der Waals surface area contributed by atoms with E-state index in [-0.39, 0.29) is 11.3 Å². The van der Waals surface area contributed by atoms with E-state index in [1.165, 1.54) is 0 Å². The van der Waals surface area contributed by atoms with Crippen molar-refractivity contribution in [3.8, 4) is 0 Å². The molecule has 20 heavy (non-hydrogen) atoms. The number of aliphatic carboxylic acids is 1. The monoisotopic (exact) mass is 299 g/mol. The van der Waals surface area contributed by atoms with Gasteiger partial charge in [0.2, 0.25) is 0 Å². The summed E-state index contributed by atoms with van der Waals surface area (Å²) < 4.78 is 3.81. The number of hydrogen-bond donors (Lipinski definition) is 2. The summed E-state index contributed by atoms with van der Waals surface area (Å²) in [6, 6.07) is -0.901. The third-order valence-electron chi connectivity index (χ3n) is 3.17. The summed E-state index contributed by atoms with van der Waals surface area (Å²) in [6.45, 7) is 9.49. The third kappa shape index (κ3) is 3.75. The topological polar surface area (TPSA) is 92.2 Å². The number of rotatable bonds is 5. The lowest BCUT2D eigenvalue weighted by Gasteiger charge is -2.21. The summed E-state index contributed by atoms with van der Waals surface area (Å²) in [4.78, 5) is 23.9. The minimum absolute atomic E-state index is 0.143. The van der Waals surface area contributed by atoms with Crippen molar-refractivity contribution in [2.75, 3.05) is 0 Å². The van der Waals surface area contributed by atoms with Crippen molar-refractivity contribution >= 4 is 23.4 Å². The molecule has 1 rings (SSSR count). The van der Waals surface area contributed by atoms with E-state index in [0.29, 0.717) is 17.0 Å². The molecule has 112 valence electrons. The second-order valence-corrected chi connectivity index (χ2v) is 6.63. The van der Waals surface area contributed by atoms with E-state index in [2.05, 4.69) is 14.9 Å². The molecule has 0 spiro atoms. The summed E-state index contributed by atoms with van der Waals surface area (Å²) >= 11 is 0.991. The number of carboxylic acid groups (broad SMARTS) is 1. The maximum absolute atomic E-state index is 12.3. The Morgan fingerprint density at radius 3 is 2.45 bits per heavy atom. The Morgan fingerprint density at radius 1 is 1.40 bits per heavy atom. The van der Waals surface area contributed by atoms with Gasteiger partial charge >= 0.3 is 5.97 Å². The average Bonchev–Trinajstić information content (AvgIpc) is 2.83. The van der Waals surface area contributed by atoms with Crippen LogP contribution in [0.4, 0.5) is 0 Å². The van der Waals surface area contributed by atoms with Crippen LogP contribution in [-0.2, 0) is 10.2 Å². The highest BCUT2D eigenvalue weighted by Gasteiger charge is 2.30. The van der Waals surface area contributed by atoms with E-state index in [0.717, 1.165) is 11.5 Å². The van der Waals surface area contributed by atoms with Crippen LogP contribution in [0.1, 0.15) is 56.4 Å². The first-order valence-corrected chi connectivity index (χ1v) is 7.32. The molecule has 2 unspecified atom stereocenters. The molecule has 1 heterocycles. The van der Waals surface area contributed by atoms with E-state index in [9.17, 15) is 14.7 Å². The lowest BCUT2D eigenvalue weighted by molar-refractivity contribution is -0.140. The molecule has 0 radical (unpaired) electrons. The molecule has 0 bridgehead atoms. The van der Waals surface area contributed by atoms with Crippen LogP contribution < -0.4 is 5.32 Å². The molecule has 2 atom stereocenters. The quantitative estimate of drug-likeness (QED) is 0.868. The number of nitrogens with zero attached hydrogens (tertiary/aromatic N) is 2. The summed E-state index contributed by atoms with van der Waals surface area (Å²) in [7, 11) is 0. The van der Waals surface area contributed by atoms with Gasteiger partial charge < -0.3 is 10.4 Å². The molecule has 1 aromatic heterocycles. The number of carbonyl (C=O) groups excluding carboxylic acids is 1. The smallest absolute Gasteiger partial charge is 0.326 e. The minimum Gasteiger partial charge on any atom is -0.480 e. The zero-order valence-corrected chi connectivity index (χ0v) is 13.2. The highest BCUT2D eigenvalue weighted by molar-refractivity contribution is 7.08. The maximum atomic E-state index is 12.3. The van der Waals surface area contributed by atoms with Gasteiger partial charge in [0.25, 0.3) is 5.91 Å². The fraction of sp³-hybridized carbons (Fsp3) is 0.692. The van der Waals surface area contributed by atoms with Crippen molar-refractivity contribution in [2.45, 2.75) is 52.5 Å². The van der Waals surface area contributed by atoms with Crippen molar-refractivity contribution in [3.63, 3.8) is 0 Å². The largest absolute Gasteiger partial charge is 0.480 e. The first-order valence-electron chi connectivity index (χ1n) is 6.55. The number of nitrogens with one attached hydrogen (secondary N) is 1. The number of carbonyl (C=O) groups is 2. The second kappa shape index (κ2) is 6.30. The van der Waals surface area contributed by atoms with Crippen LogP contribution in [0.25, 0.3) is 0 Å². The molecule has 6 nitrogen and oxygen atoms in total. The van der Waals surface area contributed by atoms with E-state index >= 15 is 0 Å². The van der Waals surface area contributed by atoms with Gasteiger partial charge in [0.1, 0.15) is 10.9 Å². The third-order valence-corrected chi connectivity index (χ3v) is 3.89. The molecule has 1 amide bonds. The first kappa shape index (κ1) is 16.6. The van der Waals surface area contributed by atoms with E-state index in [4.69, 9.17) is 0 Å². The molecule has 0 saturated heterocycles. The van der Waals surface area contributed by atoms with Gasteiger partial charge in [-0.1, -0.05) is 45.5 Å². The fourth-order valence-electron chi connectivity index (χ4n) is 1.72. The molecule has 2 N–H and O–H groups in total. The first-order chi connectivity index (χ1) is 9.18. The zero-order chi connectivity index (χ0) is 15.5. The van der Waals surface area contributed by atoms with Crippen molar-refractivity contribution in [1.82, 2.24) is 14.9 Å². The Balaban J connectivity index is 2.96. The lowest BCUT2D eigenvalue weighted by atomic mass is 9.91. The molecule has 1 aromatic rings. The van der Waals surface area contributed by atoms with Crippen molar-refractivity contribution in [1.29, 1.82) is 0 Å². The minimum atomic E-state index is -1.03. The van der Waals surface area contributed by atoms with E-state index < -0.39 is 17.9 Å². The molecule has 0 saturated carbocycles. The highest BCUT2D eigenvalue weighted by atomic mass is 32.1. The zero-order valence-electron chi connectivity index (χ0n) is 12.4. The second-order valence-electron chi connectivity index (χ2n) is 5.88. The van der Waals surface area contributed by atoms with Crippen LogP contribution in [0.15, 0.2) is 0 Å². The summed E-state index contributed by atoms with van der Waals surface area (Å²) in [6.07, 6.45) is 0.671. The van der Waals surface area contributed by atoms with Crippen molar-refractivity contribution in [3.05, 3.63) is 10.6 Å². The molecule has 0 aromatic carbocycles.